The van der Waals surface area contributed by atoms with E-state index >= 15 is 0 Å². The van der Waals surface area contributed by atoms with Gasteiger partial charge in [0.25, 0.3) is 0 Å². The molecule has 0 aliphatic carbocycles. The van der Waals surface area contributed by atoms with Crippen LogP contribution in [0.5, 0.6) is 0 Å². The van der Waals surface area contributed by atoms with E-state index in [1.807, 2.05) is 0 Å². The van der Waals surface area contributed by atoms with Gasteiger partial charge in [-0.05, 0) is 6.92 Å². The minimum Gasteiger partial charge on any atom is -0.320 e. The van der Waals surface area contributed by atoms with Gasteiger partial charge < -0.3 is 5.73 Å². The van der Waals surface area contributed by atoms with Crippen LogP contribution in [0.15, 0.2) is 0 Å². The Morgan fingerprint density at radius 1 is 2.00 bits per heavy atom. The molecule has 0 aliphatic rings. The van der Waals surface area contributed by atoms with Gasteiger partial charge in [-0.3, -0.25) is 9.88 Å². The summed E-state index contributed by atoms with van der Waals surface area (Å²) in [7, 11) is 2.29. The van der Waals surface area contributed by atoms with E-state index in [2.05, 4.69) is 14.5 Å². The summed E-state index contributed by atoms with van der Waals surface area (Å²) in [6, 6.07) is -0.354. The summed E-state index contributed by atoms with van der Waals surface area (Å²) in [5.41, 5.74) is 5.30. The van der Waals surface area contributed by atoms with Gasteiger partial charge in [0.15, 0.2) is 0 Å². The van der Waals surface area contributed by atoms with Crippen LogP contribution in [0.1, 0.15) is 6.92 Å². The lowest BCUT2D eigenvalue weighted by Crippen LogP contribution is -2.35. The van der Waals surface area contributed by atoms with Gasteiger partial charge >= 0.3 is 0 Å². The van der Waals surface area contributed by atoms with E-state index in [1.165, 1.54) is 6.92 Å². The van der Waals surface area contributed by atoms with E-state index in [0.717, 1.165) is 0 Å². The van der Waals surface area contributed by atoms with E-state index < -0.39 is 0 Å². The SMILES string of the molecule is CC(=O)C(N)CNP. The first kappa shape index (κ1) is 8.02. The van der Waals surface area contributed by atoms with Gasteiger partial charge in [0, 0.05) is 6.54 Å². The Morgan fingerprint density at radius 2 is 2.50 bits per heavy atom. The van der Waals surface area contributed by atoms with Crippen molar-refractivity contribution in [2.75, 3.05) is 6.54 Å². The van der Waals surface area contributed by atoms with Crippen molar-refractivity contribution < 1.29 is 4.79 Å². The summed E-state index contributed by atoms with van der Waals surface area (Å²) in [5.74, 6) is 0.0138. The van der Waals surface area contributed by atoms with E-state index in [4.69, 9.17) is 5.73 Å². The van der Waals surface area contributed by atoms with Crippen molar-refractivity contribution in [3.63, 3.8) is 0 Å². The van der Waals surface area contributed by atoms with Gasteiger partial charge in [-0.25, -0.2) is 0 Å². The molecule has 0 saturated heterocycles. The van der Waals surface area contributed by atoms with Gasteiger partial charge in [-0.15, -0.1) is 0 Å². The molecule has 0 spiro atoms. The number of carbonyl (C=O) groups excluding carboxylic acids is 1. The van der Waals surface area contributed by atoms with Gasteiger partial charge in [0.2, 0.25) is 0 Å². The number of hydrogen-bond acceptors (Lipinski definition) is 3. The highest BCUT2D eigenvalue weighted by Crippen LogP contribution is 1.78. The minimum absolute atomic E-state index is 0.0138. The van der Waals surface area contributed by atoms with E-state index in [9.17, 15) is 4.79 Å². The van der Waals surface area contributed by atoms with Crippen molar-refractivity contribution in [3.05, 3.63) is 0 Å². The van der Waals surface area contributed by atoms with Crippen molar-refractivity contribution in [1.29, 1.82) is 0 Å². The second kappa shape index (κ2) is 3.96. The van der Waals surface area contributed by atoms with Crippen LogP contribution in [0.25, 0.3) is 0 Å². The third-order valence-corrected chi connectivity index (χ3v) is 1.10. The molecule has 4 heteroatoms. The quantitative estimate of drug-likeness (QED) is 0.501. The van der Waals surface area contributed by atoms with E-state index in [1.54, 1.807) is 0 Å². The lowest BCUT2D eigenvalue weighted by atomic mass is 10.2. The average molecular weight is 134 g/mol. The van der Waals surface area contributed by atoms with Crippen LogP contribution < -0.4 is 10.8 Å². The fourth-order valence-corrected chi connectivity index (χ4v) is 0.525. The summed E-state index contributed by atoms with van der Waals surface area (Å²) >= 11 is 0. The van der Waals surface area contributed by atoms with Crippen molar-refractivity contribution in [1.82, 2.24) is 5.09 Å². The fourth-order valence-electron chi connectivity index (χ4n) is 0.271. The molecule has 0 heterocycles. The maximum Gasteiger partial charge on any atom is 0.147 e. The monoisotopic (exact) mass is 134 g/mol. The number of rotatable bonds is 3. The molecule has 48 valence electrons. The molecule has 0 amide bonds. The molecule has 3 N–H and O–H groups in total. The molecule has 0 aromatic heterocycles. The molecule has 3 nitrogen and oxygen atoms in total. The molecule has 0 aromatic rings. The van der Waals surface area contributed by atoms with Crippen molar-refractivity contribution >= 4 is 15.2 Å². The first-order valence-corrected chi connectivity index (χ1v) is 2.95. The molecule has 8 heavy (non-hydrogen) atoms. The fraction of sp³-hybridized carbons (Fsp3) is 0.750. The van der Waals surface area contributed by atoms with Gasteiger partial charge in [0.1, 0.15) is 5.78 Å². The van der Waals surface area contributed by atoms with Gasteiger partial charge in [0.05, 0.1) is 6.04 Å². The standard InChI is InChI=1S/C4H11N2OP/c1-3(7)4(5)2-6-8/h4,6H,2,5,8H2,1H3. The Labute approximate surface area is 51.3 Å². The maximum absolute atomic E-state index is 10.4. The molecule has 0 radical (unpaired) electrons. The van der Waals surface area contributed by atoms with Gasteiger partial charge in [-0.2, -0.15) is 0 Å². The van der Waals surface area contributed by atoms with Crippen LogP contribution in [0.4, 0.5) is 0 Å². The lowest BCUT2D eigenvalue weighted by molar-refractivity contribution is -0.118. The summed E-state index contributed by atoms with van der Waals surface area (Å²) in [5, 5.41) is 2.72. The largest absolute Gasteiger partial charge is 0.320 e. The van der Waals surface area contributed by atoms with Crippen LogP contribution in [0.3, 0.4) is 0 Å². The first-order valence-electron chi connectivity index (χ1n) is 2.38. The second-order valence-corrected chi connectivity index (χ2v) is 2.03. The third kappa shape index (κ3) is 3.08. The second-order valence-electron chi connectivity index (χ2n) is 1.63. The molecule has 0 bridgehead atoms. The molecule has 0 aliphatic heterocycles. The number of Topliss-reactive ketones (excluding diaryl/α,β-unsaturated/α-hetero) is 1. The number of hydrogen-bond donors (Lipinski definition) is 2. The summed E-state index contributed by atoms with van der Waals surface area (Å²) < 4.78 is 0. The van der Waals surface area contributed by atoms with Crippen LogP contribution in [0, 0.1) is 0 Å². The first-order chi connectivity index (χ1) is 3.68. The Morgan fingerprint density at radius 3 is 2.62 bits per heavy atom. The topological polar surface area (TPSA) is 55.1 Å². The summed E-state index contributed by atoms with van der Waals surface area (Å²) in [6.45, 7) is 2.01. The predicted octanol–water partition coefficient (Wildman–Crippen LogP) is -0.718. The van der Waals surface area contributed by atoms with Crippen molar-refractivity contribution in [2.24, 2.45) is 5.73 Å². The Hall–Kier alpha value is 0.0200. The molecular formula is C4H11N2OP. The number of ketones is 1. The molecule has 0 aromatic carbocycles. The summed E-state index contributed by atoms with van der Waals surface area (Å²) in [4.78, 5) is 10.4. The number of nitrogens with one attached hydrogen (secondary N) is 1. The minimum atomic E-state index is -0.354. The molecule has 0 fully saturated rings. The summed E-state index contributed by atoms with van der Waals surface area (Å²) in [6.07, 6.45) is 0. The normalized spacial score (nSPS) is 13.4. The van der Waals surface area contributed by atoms with Crippen molar-refractivity contribution in [2.45, 2.75) is 13.0 Å². The predicted molar refractivity (Wildman–Crippen MR) is 36.4 cm³/mol. The molecule has 0 rings (SSSR count). The third-order valence-electron chi connectivity index (χ3n) is 0.860. The van der Waals surface area contributed by atoms with Crippen LogP contribution in [-0.4, -0.2) is 18.4 Å². The highest BCUT2D eigenvalue weighted by atomic mass is 31.0. The van der Waals surface area contributed by atoms with Crippen LogP contribution >= 0.6 is 9.39 Å². The zero-order valence-corrected chi connectivity index (χ0v) is 6.00. The molecule has 2 atom stereocenters. The van der Waals surface area contributed by atoms with E-state index in [-0.39, 0.29) is 11.8 Å². The Bertz CT molecular complexity index is 86.1. The van der Waals surface area contributed by atoms with E-state index in [0.29, 0.717) is 6.54 Å². The highest BCUT2D eigenvalue weighted by molar-refractivity contribution is 7.13. The molecule has 2 unspecified atom stereocenters. The van der Waals surface area contributed by atoms with Gasteiger partial charge in [-0.1, -0.05) is 9.39 Å². The Balaban J connectivity index is 3.32. The zero-order valence-electron chi connectivity index (χ0n) is 4.85. The lowest BCUT2D eigenvalue weighted by Gasteiger charge is -2.03. The molecule has 0 saturated carbocycles. The van der Waals surface area contributed by atoms with Crippen molar-refractivity contribution in [3.8, 4) is 0 Å². The average Bonchev–Trinajstić information content (AvgIpc) is 1.67. The smallest absolute Gasteiger partial charge is 0.147 e. The van der Waals surface area contributed by atoms with Crippen LogP contribution in [-0.2, 0) is 4.79 Å². The maximum atomic E-state index is 10.4. The number of carbonyl (C=O) groups is 1. The van der Waals surface area contributed by atoms with Crippen LogP contribution in [0.2, 0.25) is 0 Å². The highest BCUT2D eigenvalue weighted by Gasteiger charge is 2.03. The Kier molecular flexibility index (Phi) is 3.97. The molecular weight excluding hydrogens is 123 g/mol. The zero-order chi connectivity index (χ0) is 6.57. The number of nitrogens with two attached hydrogens (primary N) is 1.